The Bertz CT molecular complexity index is 702. The molecule has 2 aromatic rings. The van der Waals surface area contributed by atoms with Gasteiger partial charge in [-0.05, 0) is 37.1 Å². The van der Waals surface area contributed by atoms with Crippen LogP contribution in [0.25, 0.3) is 0 Å². The Balaban J connectivity index is 2.17. The van der Waals surface area contributed by atoms with Crippen LogP contribution in [0.5, 0.6) is 0 Å². The molecule has 0 unspecified atom stereocenters. The van der Waals surface area contributed by atoms with E-state index in [1.54, 1.807) is 6.20 Å². The highest BCUT2D eigenvalue weighted by Crippen LogP contribution is 2.21. The molecule has 0 spiro atoms. The molecule has 2 rings (SSSR count). The average molecular weight is 350 g/mol. The van der Waals surface area contributed by atoms with Crippen molar-refractivity contribution in [1.29, 1.82) is 0 Å². The maximum absolute atomic E-state index is 13.2. The van der Waals surface area contributed by atoms with Crippen LogP contribution in [0, 0.1) is 5.82 Å². The summed E-state index contributed by atoms with van der Waals surface area (Å²) >= 11 is 5.73. The molecule has 128 valence electrons. The first-order valence-electron chi connectivity index (χ1n) is 8.01. The molecular formula is C18H21ClFN3O. The standard InChI is InChI=1S/C18H21ClFN3O/c1-3-7-23(8-4-2)15-9-13(11-21-12-15)18(24)22-14-5-6-17(20)16(19)10-14/h5-6,9-12H,3-4,7-8H2,1-2H3,(H,22,24). The van der Waals surface area contributed by atoms with E-state index in [9.17, 15) is 9.18 Å². The Hall–Kier alpha value is -2.14. The van der Waals surface area contributed by atoms with Crippen LogP contribution in [-0.2, 0) is 0 Å². The molecule has 0 aliphatic rings. The van der Waals surface area contributed by atoms with Crippen molar-refractivity contribution in [3.8, 4) is 0 Å². The van der Waals surface area contributed by atoms with E-state index in [1.165, 1.54) is 24.4 Å². The first-order chi connectivity index (χ1) is 11.5. The highest BCUT2D eigenvalue weighted by atomic mass is 35.5. The summed E-state index contributed by atoms with van der Waals surface area (Å²) in [6.45, 7) is 6.05. The largest absolute Gasteiger partial charge is 0.370 e. The topological polar surface area (TPSA) is 45.2 Å². The van der Waals surface area contributed by atoms with E-state index < -0.39 is 5.82 Å². The van der Waals surface area contributed by atoms with Crippen molar-refractivity contribution >= 4 is 28.9 Å². The van der Waals surface area contributed by atoms with Gasteiger partial charge in [-0.3, -0.25) is 9.78 Å². The predicted octanol–water partition coefficient (Wildman–Crippen LogP) is 4.75. The maximum Gasteiger partial charge on any atom is 0.257 e. The van der Waals surface area contributed by atoms with Gasteiger partial charge >= 0.3 is 0 Å². The summed E-state index contributed by atoms with van der Waals surface area (Å²) in [6.07, 6.45) is 5.31. The number of amides is 1. The van der Waals surface area contributed by atoms with Gasteiger partial charge in [0.2, 0.25) is 0 Å². The van der Waals surface area contributed by atoms with E-state index >= 15 is 0 Å². The number of halogens is 2. The summed E-state index contributed by atoms with van der Waals surface area (Å²) in [7, 11) is 0. The fourth-order valence-corrected chi connectivity index (χ4v) is 2.59. The van der Waals surface area contributed by atoms with Crippen molar-refractivity contribution in [3.63, 3.8) is 0 Å². The molecule has 1 amide bonds. The van der Waals surface area contributed by atoms with E-state index in [4.69, 9.17) is 11.6 Å². The zero-order chi connectivity index (χ0) is 17.5. The number of hydrogen-bond acceptors (Lipinski definition) is 3. The number of carbonyl (C=O) groups is 1. The Kier molecular flexibility index (Phi) is 6.55. The smallest absolute Gasteiger partial charge is 0.257 e. The van der Waals surface area contributed by atoms with Crippen LogP contribution < -0.4 is 10.2 Å². The molecule has 6 heteroatoms. The molecule has 1 heterocycles. The molecule has 1 N–H and O–H groups in total. The van der Waals surface area contributed by atoms with Gasteiger partial charge in [0, 0.05) is 25.0 Å². The van der Waals surface area contributed by atoms with Crippen molar-refractivity contribution < 1.29 is 9.18 Å². The lowest BCUT2D eigenvalue weighted by Crippen LogP contribution is -2.25. The van der Waals surface area contributed by atoms with E-state index in [2.05, 4.69) is 29.0 Å². The lowest BCUT2D eigenvalue weighted by atomic mass is 10.2. The second-order valence-electron chi connectivity index (χ2n) is 5.50. The van der Waals surface area contributed by atoms with Crippen molar-refractivity contribution in [2.75, 3.05) is 23.3 Å². The number of pyridine rings is 1. The van der Waals surface area contributed by atoms with Gasteiger partial charge in [-0.15, -0.1) is 0 Å². The normalized spacial score (nSPS) is 10.5. The molecule has 1 aromatic carbocycles. The highest BCUT2D eigenvalue weighted by molar-refractivity contribution is 6.31. The quantitative estimate of drug-likeness (QED) is 0.784. The van der Waals surface area contributed by atoms with Gasteiger partial charge in [0.05, 0.1) is 22.5 Å². The second-order valence-corrected chi connectivity index (χ2v) is 5.91. The number of rotatable bonds is 7. The van der Waals surface area contributed by atoms with Gasteiger partial charge in [0.15, 0.2) is 0 Å². The third kappa shape index (κ3) is 4.68. The lowest BCUT2D eigenvalue weighted by molar-refractivity contribution is 0.102. The maximum atomic E-state index is 13.2. The van der Waals surface area contributed by atoms with Crippen molar-refractivity contribution in [2.45, 2.75) is 26.7 Å². The summed E-state index contributed by atoms with van der Waals surface area (Å²) in [6, 6.07) is 5.89. The van der Waals surface area contributed by atoms with Crippen LogP contribution in [0.3, 0.4) is 0 Å². The SMILES string of the molecule is CCCN(CCC)c1cncc(C(=O)Nc2ccc(F)c(Cl)c2)c1. The van der Waals surface area contributed by atoms with Gasteiger partial charge in [-0.1, -0.05) is 25.4 Å². The molecule has 0 atom stereocenters. The minimum Gasteiger partial charge on any atom is -0.370 e. The van der Waals surface area contributed by atoms with E-state index in [1.807, 2.05) is 6.07 Å². The molecule has 0 radical (unpaired) electrons. The second kappa shape index (κ2) is 8.64. The first-order valence-corrected chi connectivity index (χ1v) is 8.39. The molecule has 0 saturated carbocycles. The van der Waals surface area contributed by atoms with Crippen LogP contribution in [-0.4, -0.2) is 24.0 Å². The number of nitrogens with one attached hydrogen (secondary N) is 1. The fourth-order valence-electron chi connectivity index (χ4n) is 2.41. The minimum absolute atomic E-state index is 0.0308. The van der Waals surface area contributed by atoms with E-state index in [0.29, 0.717) is 11.3 Å². The monoisotopic (exact) mass is 349 g/mol. The Labute approximate surface area is 146 Å². The molecule has 24 heavy (non-hydrogen) atoms. The van der Waals surface area contributed by atoms with Crippen molar-refractivity contribution in [3.05, 3.63) is 53.1 Å². The third-order valence-electron chi connectivity index (χ3n) is 3.52. The van der Waals surface area contributed by atoms with Crippen LogP contribution in [0.1, 0.15) is 37.0 Å². The summed E-state index contributed by atoms with van der Waals surface area (Å²) in [5, 5.41) is 2.68. The van der Waals surface area contributed by atoms with Gasteiger partial charge in [0.1, 0.15) is 5.82 Å². The number of benzene rings is 1. The van der Waals surface area contributed by atoms with Gasteiger partial charge in [0.25, 0.3) is 5.91 Å². The molecule has 1 aromatic heterocycles. The first kappa shape index (κ1) is 18.2. The Morgan fingerprint density at radius 1 is 1.21 bits per heavy atom. The number of carbonyl (C=O) groups excluding carboxylic acids is 1. The van der Waals surface area contributed by atoms with Gasteiger partial charge in [-0.25, -0.2) is 4.39 Å². The van der Waals surface area contributed by atoms with Crippen LogP contribution in [0.2, 0.25) is 5.02 Å². The fraction of sp³-hybridized carbons (Fsp3) is 0.333. The number of anilines is 2. The molecule has 0 fully saturated rings. The predicted molar refractivity (Wildman–Crippen MR) is 96.4 cm³/mol. The molecule has 4 nitrogen and oxygen atoms in total. The zero-order valence-corrected chi connectivity index (χ0v) is 14.6. The van der Waals surface area contributed by atoms with E-state index in [0.717, 1.165) is 31.6 Å². The molecule has 0 bridgehead atoms. The van der Waals surface area contributed by atoms with Gasteiger partial charge < -0.3 is 10.2 Å². The summed E-state index contributed by atoms with van der Waals surface area (Å²) < 4.78 is 13.2. The lowest BCUT2D eigenvalue weighted by Gasteiger charge is -2.23. The van der Waals surface area contributed by atoms with Crippen molar-refractivity contribution in [2.24, 2.45) is 0 Å². The summed E-state index contributed by atoms with van der Waals surface area (Å²) in [4.78, 5) is 18.8. The summed E-state index contributed by atoms with van der Waals surface area (Å²) in [5.74, 6) is -0.826. The Morgan fingerprint density at radius 3 is 2.54 bits per heavy atom. The van der Waals surface area contributed by atoms with Gasteiger partial charge in [-0.2, -0.15) is 0 Å². The van der Waals surface area contributed by atoms with Crippen LogP contribution in [0.15, 0.2) is 36.7 Å². The zero-order valence-electron chi connectivity index (χ0n) is 13.9. The van der Waals surface area contributed by atoms with E-state index in [-0.39, 0.29) is 10.9 Å². The third-order valence-corrected chi connectivity index (χ3v) is 3.81. The minimum atomic E-state index is -0.520. The highest BCUT2D eigenvalue weighted by Gasteiger charge is 2.12. The van der Waals surface area contributed by atoms with Crippen molar-refractivity contribution in [1.82, 2.24) is 4.98 Å². The molecule has 0 aliphatic heterocycles. The number of aromatic nitrogens is 1. The number of nitrogens with zero attached hydrogens (tertiary/aromatic N) is 2. The molecular weight excluding hydrogens is 329 g/mol. The van der Waals surface area contributed by atoms with Crippen LogP contribution >= 0.6 is 11.6 Å². The number of hydrogen-bond donors (Lipinski definition) is 1. The van der Waals surface area contributed by atoms with Crippen LogP contribution in [0.4, 0.5) is 15.8 Å². The molecule has 0 aliphatic carbocycles. The molecule has 0 saturated heterocycles. The Morgan fingerprint density at radius 2 is 1.92 bits per heavy atom. The average Bonchev–Trinajstić information content (AvgIpc) is 2.58. The summed E-state index contributed by atoms with van der Waals surface area (Å²) in [5.41, 5.74) is 1.81.